The molecule has 2 heterocycles. The van der Waals surface area contributed by atoms with Crippen LogP contribution in [0.3, 0.4) is 0 Å². The largest absolute Gasteiger partial charge is 0.573 e. The minimum absolute atomic E-state index is 0.205. The smallest absolute Gasteiger partial charge is 0.406 e. The number of amides is 1. The second kappa shape index (κ2) is 8.63. The molecule has 0 radical (unpaired) electrons. The fourth-order valence-corrected chi connectivity index (χ4v) is 4.00. The van der Waals surface area contributed by atoms with Gasteiger partial charge in [0.05, 0.1) is 21.3 Å². The maximum atomic E-state index is 12.4. The van der Waals surface area contributed by atoms with Crippen molar-refractivity contribution in [2.24, 2.45) is 12.8 Å². The van der Waals surface area contributed by atoms with Crippen LogP contribution < -0.4 is 21.1 Å². The first-order valence-corrected chi connectivity index (χ1v) is 10.4. The Hall–Kier alpha value is -3.38. The number of halogens is 3. The number of carbonyl (C=O) groups excluding carboxylic acids is 1. The number of benzene rings is 2. The zero-order chi connectivity index (χ0) is 22.9. The van der Waals surface area contributed by atoms with Crippen molar-refractivity contribution in [3.05, 3.63) is 42.0 Å². The number of aromatic nitrogens is 3. The van der Waals surface area contributed by atoms with E-state index in [-0.39, 0.29) is 11.7 Å². The van der Waals surface area contributed by atoms with E-state index in [1.54, 1.807) is 29.8 Å². The minimum Gasteiger partial charge on any atom is -0.406 e. The molecule has 0 fully saturated rings. The van der Waals surface area contributed by atoms with Gasteiger partial charge in [-0.1, -0.05) is 11.3 Å². The van der Waals surface area contributed by atoms with Crippen LogP contribution in [0.25, 0.3) is 21.3 Å². The maximum absolute atomic E-state index is 12.4. The zero-order valence-corrected chi connectivity index (χ0v) is 17.7. The fraction of sp³-hybridized carbons (Fsp3) is 0.250. The van der Waals surface area contributed by atoms with Crippen molar-refractivity contribution in [3.63, 3.8) is 0 Å². The highest BCUT2D eigenvalue weighted by molar-refractivity contribution is 7.22. The van der Waals surface area contributed by atoms with E-state index < -0.39 is 6.36 Å². The monoisotopic (exact) mass is 464 g/mol. The van der Waals surface area contributed by atoms with E-state index in [1.807, 2.05) is 0 Å². The second-order valence-corrected chi connectivity index (χ2v) is 7.95. The van der Waals surface area contributed by atoms with Gasteiger partial charge in [-0.25, -0.2) is 9.97 Å². The summed E-state index contributed by atoms with van der Waals surface area (Å²) in [7, 11) is 1.81. The minimum atomic E-state index is -4.76. The number of fused-ring (bicyclic) bond motifs is 2. The molecule has 168 valence electrons. The number of thiazole rings is 1. The number of hydrogen-bond acceptors (Lipinski definition) is 7. The van der Waals surface area contributed by atoms with Gasteiger partial charge >= 0.3 is 6.36 Å². The molecule has 12 heteroatoms. The molecule has 0 aliphatic carbocycles. The molecule has 32 heavy (non-hydrogen) atoms. The van der Waals surface area contributed by atoms with Gasteiger partial charge in [-0.05, 0) is 43.3 Å². The highest BCUT2D eigenvalue weighted by atomic mass is 32.1. The molecule has 8 nitrogen and oxygen atoms in total. The van der Waals surface area contributed by atoms with Crippen molar-refractivity contribution in [3.8, 4) is 5.75 Å². The predicted octanol–water partition coefficient (Wildman–Crippen LogP) is 3.90. The zero-order valence-electron chi connectivity index (χ0n) is 16.9. The molecule has 0 bridgehead atoms. The molecule has 0 unspecified atom stereocenters. The third kappa shape index (κ3) is 4.75. The van der Waals surface area contributed by atoms with Gasteiger partial charge in [-0.2, -0.15) is 0 Å². The van der Waals surface area contributed by atoms with Crippen molar-refractivity contribution < 1.29 is 22.7 Å². The van der Waals surface area contributed by atoms with Gasteiger partial charge in [0.2, 0.25) is 5.95 Å². The van der Waals surface area contributed by atoms with Gasteiger partial charge in [0.1, 0.15) is 5.75 Å². The molecule has 0 saturated heterocycles. The molecule has 2 aromatic carbocycles. The summed E-state index contributed by atoms with van der Waals surface area (Å²) < 4.78 is 43.6. The number of anilines is 2. The molecule has 4 rings (SSSR count). The number of ether oxygens (including phenoxy) is 1. The number of nitrogens with two attached hydrogens (primary N) is 1. The molecule has 4 N–H and O–H groups in total. The number of nitrogens with zero attached hydrogens (tertiary/aromatic N) is 3. The van der Waals surface area contributed by atoms with Crippen LogP contribution in [0.2, 0.25) is 0 Å². The number of nitrogens with one attached hydrogen (secondary N) is 2. The summed E-state index contributed by atoms with van der Waals surface area (Å²) in [5, 5.41) is 6.35. The van der Waals surface area contributed by atoms with Crippen LogP contribution in [0, 0.1) is 0 Å². The lowest BCUT2D eigenvalue weighted by atomic mass is 10.2. The maximum Gasteiger partial charge on any atom is 0.573 e. The van der Waals surface area contributed by atoms with E-state index in [1.165, 1.54) is 29.5 Å². The summed E-state index contributed by atoms with van der Waals surface area (Å²) in [6.07, 6.45) is -4.07. The van der Waals surface area contributed by atoms with Crippen LogP contribution in [0.4, 0.5) is 24.3 Å². The Bertz CT molecular complexity index is 1280. The van der Waals surface area contributed by atoms with Crippen LogP contribution in [-0.2, 0) is 7.05 Å². The summed E-state index contributed by atoms with van der Waals surface area (Å²) in [6.45, 7) is 0.993. The Labute approximate surface area is 184 Å². The highest BCUT2D eigenvalue weighted by Gasteiger charge is 2.31. The Morgan fingerprint density at radius 1 is 1.19 bits per heavy atom. The number of carbonyl (C=O) groups is 1. The Morgan fingerprint density at radius 3 is 2.75 bits per heavy atom. The first kappa shape index (κ1) is 21.8. The highest BCUT2D eigenvalue weighted by Crippen LogP contribution is 2.33. The number of alkyl halides is 3. The third-order valence-corrected chi connectivity index (χ3v) is 5.56. The van der Waals surface area contributed by atoms with Gasteiger partial charge in [0.25, 0.3) is 5.91 Å². The summed E-state index contributed by atoms with van der Waals surface area (Å²) in [6, 6.07) is 9.17. The van der Waals surface area contributed by atoms with Crippen molar-refractivity contribution in [1.29, 1.82) is 0 Å². The molecule has 4 aromatic rings. The average molecular weight is 464 g/mol. The summed E-state index contributed by atoms with van der Waals surface area (Å²) in [4.78, 5) is 21.2. The van der Waals surface area contributed by atoms with E-state index in [4.69, 9.17) is 5.73 Å². The normalized spacial score (nSPS) is 11.8. The topological polar surface area (TPSA) is 107 Å². The van der Waals surface area contributed by atoms with Crippen molar-refractivity contribution in [2.45, 2.75) is 12.8 Å². The quantitative estimate of drug-likeness (QED) is 0.358. The van der Waals surface area contributed by atoms with Crippen LogP contribution in [-0.4, -0.2) is 39.9 Å². The molecule has 0 aliphatic rings. The molecule has 0 saturated carbocycles. The lowest BCUT2D eigenvalue weighted by Crippen LogP contribution is -2.25. The van der Waals surface area contributed by atoms with E-state index in [9.17, 15) is 18.0 Å². The molecule has 1 amide bonds. The predicted molar refractivity (Wildman–Crippen MR) is 116 cm³/mol. The first-order valence-electron chi connectivity index (χ1n) is 9.61. The van der Waals surface area contributed by atoms with Crippen molar-refractivity contribution in [2.75, 3.05) is 18.4 Å². The summed E-state index contributed by atoms with van der Waals surface area (Å²) in [5.41, 5.74) is 7.87. The molecular weight excluding hydrogens is 445 g/mol. The molecular formula is C20H19F3N6O2S. The van der Waals surface area contributed by atoms with E-state index >= 15 is 0 Å². The summed E-state index contributed by atoms with van der Waals surface area (Å²) >= 11 is 1.17. The Morgan fingerprint density at radius 2 is 2.00 bits per heavy atom. The first-order chi connectivity index (χ1) is 15.2. The lowest BCUT2D eigenvalue weighted by Gasteiger charge is -2.07. The van der Waals surface area contributed by atoms with Gasteiger partial charge in [0, 0.05) is 25.2 Å². The fourth-order valence-electron chi connectivity index (χ4n) is 3.11. The second-order valence-electron chi connectivity index (χ2n) is 6.92. The van der Waals surface area contributed by atoms with E-state index in [2.05, 4.69) is 25.3 Å². The van der Waals surface area contributed by atoms with Gasteiger partial charge in [-0.15, -0.1) is 13.2 Å². The van der Waals surface area contributed by atoms with Crippen LogP contribution in [0.15, 0.2) is 36.4 Å². The number of hydrogen-bond donors (Lipinski definition) is 3. The third-order valence-electron chi connectivity index (χ3n) is 4.62. The number of imidazole rings is 1. The van der Waals surface area contributed by atoms with Crippen LogP contribution in [0.1, 0.15) is 16.8 Å². The number of rotatable bonds is 7. The van der Waals surface area contributed by atoms with Gasteiger partial charge in [0.15, 0.2) is 5.13 Å². The van der Waals surface area contributed by atoms with Crippen LogP contribution >= 0.6 is 11.3 Å². The standard InChI is InChI=1S/C20H19F3N6O2S/c1-29-15-6-3-11(17(30)25-8-2-7-24)9-14(15)26-18(29)28-19-27-13-5-4-12(10-16(13)32-19)31-20(21,22)23/h3-6,9-10H,2,7-8,24H2,1H3,(H,25,30)(H,26,27,28). The number of aryl methyl sites for hydroxylation is 1. The van der Waals surface area contributed by atoms with Gasteiger partial charge < -0.3 is 25.7 Å². The molecule has 0 aliphatic heterocycles. The molecule has 2 aromatic heterocycles. The lowest BCUT2D eigenvalue weighted by molar-refractivity contribution is -0.274. The Kier molecular flexibility index (Phi) is 5.89. The molecule has 0 atom stereocenters. The molecule has 0 spiro atoms. The summed E-state index contributed by atoms with van der Waals surface area (Å²) in [5.74, 6) is -0.0322. The van der Waals surface area contributed by atoms with E-state index in [0.717, 1.165) is 5.52 Å². The van der Waals surface area contributed by atoms with Crippen molar-refractivity contribution in [1.82, 2.24) is 19.9 Å². The Balaban J connectivity index is 1.56. The van der Waals surface area contributed by atoms with Crippen LogP contribution in [0.5, 0.6) is 5.75 Å². The van der Waals surface area contributed by atoms with Crippen molar-refractivity contribution >= 4 is 49.6 Å². The SMILES string of the molecule is Cn1c(Nc2nc3ccc(OC(F)(F)F)cc3s2)nc2cc(C(=O)NCCCN)ccc21. The van der Waals surface area contributed by atoms with E-state index in [0.29, 0.717) is 51.9 Å². The average Bonchev–Trinajstić information content (AvgIpc) is 3.26. The van der Waals surface area contributed by atoms with Gasteiger partial charge in [-0.3, -0.25) is 4.79 Å².